The zero-order chi connectivity index (χ0) is 22.6. The number of nitrogens with one attached hydrogen (secondary N) is 2. The number of carbonyl (C=O) groups excluding carboxylic acids is 1. The van der Waals surface area contributed by atoms with E-state index in [0.717, 1.165) is 64.4 Å². The quantitative estimate of drug-likeness (QED) is 0.323. The first-order valence-corrected chi connectivity index (χ1v) is 12.5. The molecule has 1 amide bonds. The van der Waals surface area contributed by atoms with Gasteiger partial charge < -0.3 is 15.5 Å². The van der Waals surface area contributed by atoms with Gasteiger partial charge in [-0.15, -0.1) is 24.0 Å². The minimum absolute atomic E-state index is 0. The van der Waals surface area contributed by atoms with Crippen molar-refractivity contribution in [3.63, 3.8) is 0 Å². The van der Waals surface area contributed by atoms with Gasteiger partial charge in [0.1, 0.15) is 0 Å². The van der Waals surface area contributed by atoms with Crippen LogP contribution in [0.5, 0.6) is 0 Å². The van der Waals surface area contributed by atoms with Gasteiger partial charge in [0, 0.05) is 57.3 Å². The molecule has 0 aromatic heterocycles. The van der Waals surface area contributed by atoms with E-state index in [1.54, 1.807) is 0 Å². The molecular formula is C26H42IN5O. The lowest BCUT2D eigenvalue weighted by Gasteiger charge is -2.42. The van der Waals surface area contributed by atoms with E-state index >= 15 is 0 Å². The molecule has 1 aromatic rings. The summed E-state index contributed by atoms with van der Waals surface area (Å²) >= 11 is 0. The van der Waals surface area contributed by atoms with Crippen LogP contribution in [0.4, 0.5) is 0 Å². The van der Waals surface area contributed by atoms with Gasteiger partial charge in [0.15, 0.2) is 5.96 Å². The van der Waals surface area contributed by atoms with E-state index in [-0.39, 0.29) is 41.5 Å². The third-order valence-electron chi connectivity index (χ3n) is 7.69. The van der Waals surface area contributed by atoms with Gasteiger partial charge in [-0.2, -0.15) is 0 Å². The Bertz CT molecular complexity index is 821. The average Bonchev–Trinajstić information content (AvgIpc) is 3.30. The Morgan fingerprint density at radius 2 is 1.82 bits per heavy atom. The highest BCUT2D eigenvalue weighted by molar-refractivity contribution is 14.0. The predicted molar refractivity (Wildman–Crippen MR) is 146 cm³/mol. The van der Waals surface area contributed by atoms with Crippen LogP contribution in [0.25, 0.3) is 0 Å². The Morgan fingerprint density at radius 1 is 1.09 bits per heavy atom. The number of guanidine groups is 1. The van der Waals surface area contributed by atoms with Crippen molar-refractivity contribution >= 4 is 35.8 Å². The summed E-state index contributed by atoms with van der Waals surface area (Å²) in [5.41, 5.74) is 2.95. The van der Waals surface area contributed by atoms with Crippen molar-refractivity contribution in [1.82, 2.24) is 20.4 Å². The van der Waals surface area contributed by atoms with Crippen molar-refractivity contribution in [3.8, 4) is 0 Å². The molecule has 1 unspecified atom stereocenters. The SMILES string of the molecule is CN=C(NCC(C)(C)N1CCc2ccccc2C1)NC1CCN(C(=O)C2CCCCC2)C1.I. The van der Waals surface area contributed by atoms with Crippen LogP contribution in [0.3, 0.4) is 0 Å². The number of nitrogens with zero attached hydrogens (tertiary/aromatic N) is 3. The van der Waals surface area contributed by atoms with Crippen LogP contribution < -0.4 is 10.6 Å². The number of fused-ring (bicyclic) bond motifs is 1. The predicted octanol–water partition coefficient (Wildman–Crippen LogP) is 3.79. The van der Waals surface area contributed by atoms with Crippen molar-refractivity contribution in [2.75, 3.05) is 33.2 Å². The summed E-state index contributed by atoms with van der Waals surface area (Å²) in [5, 5.41) is 7.13. The second kappa shape index (κ2) is 11.9. The third-order valence-corrected chi connectivity index (χ3v) is 7.69. The largest absolute Gasteiger partial charge is 0.355 e. The van der Waals surface area contributed by atoms with E-state index in [9.17, 15) is 4.79 Å². The van der Waals surface area contributed by atoms with Crippen LogP contribution in [0.1, 0.15) is 63.5 Å². The lowest BCUT2D eigenvalue weighted by atomic mass is 9.88. The number of aliphatic imine (C=N–C) groups is 1. The molecule has 3 aliphatic rings. The zero-order valence-electron chi connectivity index (χ0n) is 20.6. The van der Waals surface area contributed by atoms with E-state index in [0.29, 0.717) is 5.91 Å². The second-order valence-electron chi connectivity index (χ2n) is 10.4. The van der Waals surface area contributed by atoms with E-state index in [2.05, 4.69) is 63.5 Å². The maximum atomic E-state index is 12.9. The van der Waals surface area contributed by atoms with Gasteiger partial charge >= 0.3 is 0 Å². The monoisotopic (exact) mass is 567 g/mol. The van der Waals surface area contributed by atoms with Gasteiger partial charge in [0.05, 0.1) is 0 Å². The van der Waals surface area contributed by atoms with E-state index in [4.69, 9.17) is 0 Å². The fourth-order valence-corrected chi connectivity index (χ4v) is 5.50. The minimum atomic E-state index is 0. The molecule has 1 saturated carbocycles. The number of hydrogen-bond acceptors (Lipinski definition) is 3. The first kappa shape index (κ1) is 26.3. The molecule has 0 radical (unpaired) electrons. The Morgan fingerprint density at radius 3 is 2.55 bits per heavy atom. The maximum Gasteiger partial charge on any atom is 0.225 e. The number of hydrogen-bond donors (Lipinski definition) is 2. The number of carbonyl (C=O) groups is 1. The number of rotatable bonds is 5. The maximum absolute atomic E-state index is 12.9. The highest BCUT2D eigenvalue weighted by atomic mass is 127. The van der Waals surface area contributed by atoms with E-state index in [1.165, 1.54) is 30.4 Å². The first-order chi connectivity index (χ1) is 15.5. The molecule has 0 spiro atoms. The molecule has 33 heavy (non-hydrogen) atoms. The number of amides is 1. The van der Waals surface area contributed by atoms with Gasteiger partial charge in [0.2, 0.25) is 5.91 Å². The zero-order valence-corrected chi connectivity index (χ0v) is 22.9. The summed E-state index contributed by atoms with van der Waals surface area (Å²) in [5.74, 6) is 1.48. The average molecular weight is 568 g/mol. The summed E-state index contributed by atoms with van der Waals surface area (Å²) in [6, 6.07) is 9.07. The molecule has 1 aromatic carbocycles. The van der Waals surface area contributed by atoms with Crippen LogP contribution in [-0.2, 0) is 17.8 Å². The van der Waals surface area contributed by atoms with Crippen molar-refractivity contribution < 1.29 is 4.79 Å². The van der Waals surface area contributed by atoms with Crippen LogP contribution in [-0.4, -0.2) is 66.5 Å². The Kier molecular flexibility index (Phi) is 9.44. The molecule has 2 N–H and O–H groups in total. The molecule has 2 fully saturated rings. The molecular weight excluding hydrogens is 525 g/mol. The summed E-state index contributed by atoms with van der Waals surface area (Å²) < 4.78 is 0. The van der Waals surface area contributed by atoms with E-state index in [1.807, 2.05) is 7.05 Å². The summed E-state index contributed by atoms with van der Waals surface area (Å²) in [6.45, 7) is 9.18. The summed E-state index contributed by atoms with van der Waals surface area (Å²) in [6.07, 6.45) is 7.96. The fourth-order valence-electron chi connectivity index (χ4n) is 5.50. The molecule has 4 rings (SSSR count). The topological polar surface area (TPSA) is 60.0 Å². The fraction of sp³-hybridized carbons (Fsp3) is 0.692. The van der Waals surface area contributed by atoms with Crippen LogP contribution in [0.15, 0.2) is 29.3 Å². The third kappa shape index (κ3) is 6.62. The summed E-state index contributed by atoms with van der Waals surface area (Å²) in [4.78, 5) is 22.0. The van der Waals surface area contributed by atoms with Crippen molar-refractivity contribution in [2.24, 2.45) is 10.9 Å². The molecule has 1 aliphatic carbocycles. The summed E-state index contributed by atoms with van der Waals surface area (Å²) in [7, 11) is 1.83. The minimum Gasteiger partial charge on any atom is -0.355 e. The Labute approximate surface area is 217 Å². The van der Waals surface area contributed by atoms with Gasteiger partial charge in [-0.3, -0.25) is 14.7 Å². The molecule has 1 saturated heterocycles. The van der Waals surface area contributed by atoms with Crippen molar-refractivity contribution in [2.45, 2.75) is 76.9 Å². The van der Waals surface area contributed by atoms with Gasteiger partial charge in [-0.1, -0.05) is 43.5 Å². The number of halogens is 1. The van der Waals surface area contributed by atoms with Crippen molar-refractivity contribution in [3.05, 3.63) is 35.4 Å². The molecule has 0 bridgehead atoms. The standard InChI is InChI=1S/C26H41N5O.HI/c1-26(2,31-16-13-20-9-7-8-12-22(20)17-31)19-28-25(27-3)29-23-14-15-30(18-23)24(32)21-10-5-4-6-11-21;/h7-9,12,21,23H,4-6,10-11,13-19H2,1-3H3,(H2,27,28,29);1H. The lowest BCUT2D eigenvalue weighted by molar-refractivity contribution is -0.135. The number of likely N-dealkylation sites (tertiary alicyclic amines) is 1. The lowest BCUT2D eigenvalue weighted by Crippen LogP contribution is -2.55. The number of benzene rings is 1. The Hall–Kier alpha value is -1.35. The molecule has 2 aliphatic heterocycles. The van der Waals surface area contributed by atoms with E-state index < -0.39 is 0 Å². The smallest absolute Gasteiger partial charge is 0.225 e. The highest BCUT2D eigenvalue weighted by Crippen LogP contribution is 2.27. The highest BCUT2D eigenvalue weighted by Gasteiger charge is 2.33. The van der Waals surface area contributed by atoms with Crippen LogP contribution in [0.2, 0.25) is 0 Å². The van der Waals surface area contributed by atoms with Crippen LogP contribution in [0, 0.1) is 5.92 Å². The van der Waals surface area contributed by atoms with Crippen LogP contribution >= 0.6 is 24.0 Å². The molecule has 7 heteroatoms. The van der Waals surface area contributed by atoms with Crippen molar-refractivity contribution in [1.29, 1.82) is 0 Å². The molecule has 6 nitrogen and oxygen atoms in total. The molecule has 1 atom stereocenters. The van der Waals surface area contributed by atoms with Gasteiger partial charge in [-0.05, 0) is 50.7 Å². The molecule has 2 heterocycles. The normalized spacial score (nSPS) is 22.5. The molecule has 184 valence electrons. The Balaban J connectivity index is 0.00000306. The second-order valence-corrected chi connectivity index (χ2v) is 10.4. The van der Waals surface area contributed by atoms with Gasteiger partial charge in [0.25, 0.3) is 0 Å². The van der Waals surface area contributed by atoms with Gasteiger partial charge in [-0.25, -0.2) is 0 Å². The first-order valence-electron chi connectivity index (χ1n) is 12.5.